The minimum Gasteiger partial charge on any atom is -0.497 e. The predicted molar refractivity (Wildman–Crippen MR) is 80.9 cm³/mol. The van der Waals surface area contributed by atoms with Crippen molar-refractivity contribution in [2.24, 2.45) is 10.9 Å². The molecule has 19 heavy (non-hydrogen) atoms. The van der Waals surface area contributed by atoms with E-state index in [9.17, 15) is 0 Å². The molecule has 3 nitrogen and oxygen atoms in total. The third kappa shape index (κ3) is 3.06. The molecule has 3 rings (SSSR count). The quantitative estimate of drug-likeness (QED) is 0.916. The summed E-state index contributed by atoms with van der Waals surface area (Å²) in [6, 6.07) is 8.51. The summed E-state index contributed by atoms with van der Waals surface area (Å²) in [6.07, 6.45) is 2.79. The lowest BCUT2D eigenvalue weighted by molar-refractivity contribution is 0.414. The van der Waals surface area contributed by atoms with Crippen LogP contribution in [0.5, 0.6) is 5.75 Å². The minimum atomic E-state index is 0.287. The number of nitrogens with zero attached hydrogens (tertiary/aromatic N) is 1. The molecule has 1 heterocycles. The molecule has 0 spiro atoms. The molecule has 0 bridgehead atoms. The van der Waals surface area contributed by atoms with Crippen LogP contribution in [0.3, 0.4) is 0 Å². The zero-order valence-electron chi connectivity index (χ0n) is 11.4. The summed E-state index contributed by atoms with van der Waals surface area (Å²) in [5.41, 5.74) is 1.26. The van der Waals surface area contributed by atoms with Gasteiger partial charge in [0.05, 0.1) is 19.7 Å². The van der Waals surface area contributed by atoms with Crippen molar-refractivity contribution in [3.05, 3.63) is 29.8 Å². The molecule has 0 radical (unpaired) electrons. The molecular weight excluding hydrogens is 256 g/mol. The SMILES string of the molecule is COc1ccc(C(C)NC2=NCC(C3CC3)S2)cc1. The Morgan fingerprint density at radius 3 is 2.68 bits per heavy atom. The van der Waals surface area contributed by atoms with E-state index in [1.165, 1.54) is 18.4 Å². The summed E-state index contributed by atoms with van der Waals surface area (Å²) in [6.45, 7) is 3.17. The van der Waals surface area contributed by atoms with Crippen molar-refractivity contribution in [3.8, 4) is 5.75 Å². The molecule has 1 aromatic rings. The second-order valence-electron chi connectivity index (χ2n) is 5.28. The third-order valence-corrected chi connectivity index (χ3v) is 5.09. The van der Waals surface area contributed by atoms with Crippen LogP contribution in [0.1, 0.15) is 31.4 Å². The molecule has 2 aliphatic rings. The van der Waals surface area contributed by atoms with E-state index in [2.05, 4.69) is 29.4 Å². The normalized spacial score (nSPS) is 23.9. The molecule has 1 aliphatic carbocycles. The van der Waals surface area contributed by atoms with Gasteiger partial charge in [0.1, 0.15) is 5.75 Å². The van der Waals surface area contributed by atoms with Gasteiger partial charge in [-0.25, -0.2) is 0 Å². The standard InChI is InChI=1S/C15H20N2OS/c1-10(11-5-7-13(18-2)8-6-11)17-15-16-9-14(19-15)12-3-4-12/h5-8,10,12,14H,3-4,9H2,1-2H3,(H,16,17). The van der Waals surface area contributed by atoms with Crippen LogP contribution in [-0.2, 0) is 0 Å². The molecule has 1 aromatic carbocycles. The number of hydrogen-bond donors (Lipinski definition) is 1. The number of hydrogen-bond acceptors (Lipinski definition) is 4. The third-order valence-electron chi connectivity index (χ3n) is 3.78. The molecule has 0 aromatic heterocycles. The Labute approximate surface area is 118 Å². The van der Waals surface area contributed by atoms with Crippen LogP contribution in [0, 0.1) is 5.92 Å². The average Bonchev–Trinajstić information content (AvgIpc) is 3.20. The number of ether oxygens (including phenoxy) is 1. The van der Waals surface area contributed by atoms with Crippen LogP contribution in [0.25, 0.3) is 0 Å². The van der Waals surface area contributed by atoms with Crippen LogP contribution < -0.4 is 10.1 Å². The highest BCUT2D eigenvalue weighted by Gasteiger charge is 2.35. The molecule has 102 valence electrons. The maximum Gasteiger partial charge on any atom is 0.157 e. The lowest BCUT2D eigenvalue weighted by atomic mass is 10.1. The van der Waals surface area contributed by atoms with Gasteiger partial charge in [0.25, 0.3) is 0 Å². The fourth-order valence-corrected chi connectivity index (χ4v) is 3.64. The Bertz CT molecular complexity index is 468. The summed E-state index contributed by atoms with van der Waals surface area (Å²) in [5.74, 6) is 1.82. The number of aliphatic imine (C=N–C) groups is 1. The first kappa shape index (κ1) is 12.9. The number of nitrogens with one attached hydrogen (secondary N) is 1. The summed E-state index contributed by atoms with van der Waals surface area (Å²) >= 11 is 1.93. The molecule has 2 unspecified atom stereocenters. The average molecular weight is 276 g/mol. The first-order valence-electron chi connectivity index (χ1n) is 6.88. The highest BCUT2D eigenvalue weighted by molar-refractivity contribution is 8.14. The van der Waals surface area contributed by atoms with Crippen molar-refractivity contribution in [1.29, 1.82) is 0 Å². The lowest BCUT2D eigenvalue weighted by Gasteiger charge is -2.16. The molecule has 1 N–H and O–H groups in total. The first-order valence-corrected chi connectivity index (χ1v) is 7.76. The van der Waals surface area contributed by atoms with Gasteiger partial charge in [0.2, 0.25) is 0 Å². The van der Waals surface area contributed by atoms with Crippen LogP contribution in [0.4, 0.5) is 0 Å². The highest BCUT2D eigenvalue weighted by atomic mass is 32.2. The fourth-order valence-electron chi connectivity index (χ4n) is 2.34. The summed E-state index contributed by atoms with van der Waals surface area (Å²) in [7, 11) is 1.69. The van der Waals surface area contributed by atoms with E-state index in [4.69, 9.17) is 4.74 Å². The van der Waals surface area contributed by atoms with Gasteiger partial charge in [-0.2, -0.15) is 0 Å². The molecule has 2 atom stereocenters. The zero-order valence-corrected chi connectivity index (χ0v) is 12.2. The van der Waals surface area contributed by atoms with Crippen LogP contribution >= 0.6 is 11.8 Å². The Morgan fingerprint density at radius 1 is 1.32 bits per heavy atom. The van der Waals surface area contributed by atoms with Gasteiger partial charge in [0.15, 0.2) is 5.17 Å². The molecular formula is C15H20N2OS. The van der Waals surface area contributed by atoms with Crippen molar-refractivity contribution in [2.75, 3.05) is 13.7 Å². The number of benzene rings is 1. The van der Waals surface area contributed by atoms with Crippen molar-refractivity contribution >= 4 is 16.9 Å². The van der Waals surface area contributed by atoms with E-state index >= 15 is 0 Å². The minimum absolute atomic E-state index is 0.287. The summed E-state index contributed by atoms with van der Waals surface area (Å²) < 4.78 is 5.18. The smallest absolute Gasteiger partial charge is 0.157 e. The van der Waals surface area contributed by atoms with Crippen molar-refractivity contribution in [2.45, 2.75) is 31.1 Å². The van der Waals surface area contributed by atoms with Crippen molar-refractivity contribution < 1.29 is 4.74 Å². The molecule has 4 heteroatoms. The van der Waals surface area contributed by atoms with Crippen molar-refractivity contribution in [1.82, 2.24) is 5.32 Å². The maximum atomic E-state index is 5.18. The molecule has 1 fully saturated rings. The van der Waals surface area contributed by atoms with Gasteiger partial charge in [-0.3, -0.25) is 4.99 Å². The molecule has 0 saturated heterocycles. The van der Waals surface area contributed by atoms with Crippen LogP contribution in [0.2, 0.25) is 0 Å². The Hall–Kier alpha value is -1.16. The van der Waals surface area contributed by atoms with Crippen LogP contribution in [0.15, 0.2) is 29.3 Å². The van der Waals surface area contributed by atoms with Gasteiger partial charge in [0, 0.05) is 5.25 Å². The second kappa shape index (κ2) is 5.45. The van der Waals surface area contributed by atoms with Crippen LogP contribution in [-0.4, -0.2) is 24.1 Å². The number of rotatable bonds is 4. The van der Waals surface area contributed by atoms with Crippen molar-refractivity contribution in [3.63, 3.8) is 0 Å². The van der Waals surface area contributed by atoms with E-state index in [-0.39, 0.29) is 6.04 Å². The molecule has 1 aliphatic heterocycles. The highest BCUT2D eigenvalue weighted by Crippen LogP contribution is 2.41. The van der Waals surface area contributed by atoms with E-state index in [1.807, 2.05) is 23.9 Å². The van der Waals surface area contributed by atoms with Gasteiger partial charge < -0.3 is 10.1 Å². The van der Waals surface area contributed by atoms with E-state index in [1.54, 1.807) is 7.11 Å². The number of amidine groups is 1. The number of thioether (sulfide) groups is 1. The Morgan fingerprint density at radius 2 is 2.05 bits per heavy atom. The monoisotopic (exact) mass is 276 g/mol. The number of methoxy groups -OCH3 is 1. The Balaban J connectivity index is 1.56. The first-order chi connectivity index (χ1) is 9.26. The Kier molecular flexibility index (Phi) is 3.69. The maximum absolute atomic E-state index is 5.18. The van der Waals surface area contributed by atoms with Gasteiger partial charge in [-0.1, -0.05) is 23.9 Å². The summed E-state index contributed by atoms with van der Waals surface area (Å²) in [5, 5.41) is 5.36. The topological polar surface area (TPSA) is 33.6 Å². The second-order valence-corrected chi connectivity index (χ2v) is 6.51. The molecule has 0 amide bonds. The lowest BCUT2D eigenvalue weighted by Crippen LogP contribution is -2.23. The van der Waals surface area contributed by atoms with E-state index < -0.39 is 0 Å². The predicted octanol–water partition coefficient (Wildman–Crippen LogP) is 3.23. The van der Waals surface area contributed by atoms with Gasteiger partial charge in [-0.15, -0.1) is 0 Å². The zero-order chi connectivity index (χ0) is 13.2. The van der Waals surface area contributed by atoms with Gasteiger partial charge >= 0.3 is 0 Å². The molecule has 1 saturated carbocycles. The van der Waals surface area contributed by atoms with E-state index in [0.29, 0.717) is 0 Å². The largest absolute Gasteiger partial charge is 0.497 e. The fraction of sp³-hybridized carbons (Fsp3) is 0.533. The van der Waals surface area contributed by atoms with E-state index in [0.717, 1.165) is 28.6 Å². The van der Waals surface area contributed by atoms with Gasteiger partial charge in [-0.05, 0) is 43.4 Å². The summed E-state index contributed by atoms with van der Waals surface area (Å²) in [4.78, 5) is 4.62.